The van der Waals surface area contributed by atoms with Crippen LogP contribution in [0.2, 0.25) is 5.02 Å². The van der Waals surface area contributed by atoms with Crippen molar-refractivity contribution in [2.75, 3.05) is 17.2 Å². The lowest BCUT2D eigenvalue weighted by molar-refractivity contribution is 0.478. The Hall–Kier alpha value is -1.14. The molecule has 1 saturated heterocycles. The van der Waals surface area contributed by atoms with Gasteiger partial charge in [-0.05, 0) is 18.9 Å². The van der Waals surface area contributed by atoms with Gasteiger partial charge >= 0.3 is 0 Å². The van der Waals surface area contributed by atoms with Crippen LogP contribution in [0.15, 0.2) is 12.1 Å². The van der Waals surface area contributed by atoms with E-state index in [1.807, 2.05) is 4.57 Å². The van der Waals surface area contributed by atoms with Crippen molar-refractivity contribution < 1.29 is 8.60 Å². The maximum atomic E-state index is 13.4. The van der Waals surface area contributed by atoms with Gasteiger partial charge in [0.25, 0.3) is 0 Å². The van der Waals surface area contributed by atoms with Crippen molar-refractivity contribution in [3.63, 3.8) is 0 Å². The SMILES string of the molecule is Nc1nc2cc(F)c(Cl)cc2n1C1CCS(=O)CC1. The van der Waals surface area contributed by atoms with Crippen LogP contribution in [-0.2, 0) is 10.8 Å². The summed E-state index contributed by atoms with van der Waals surface area (Å²) < 4.78 is 26.7. The first-order chi connectivity index (χ1) is 9.06. The van der Waals surface area contributed by atoms with Crippen molar-refractivity contribution >= 4 is 39.4 Å². The molecule has 2 aromatic rings. The third kappa shape index (κ3) is 2.23. The number of aromatic nitrogens is 2. The molecule has 0 saturated carbocycles. The van der Waals surface area contributed by atoms with Crippen LogP contribution < -0.4 is 5.73 Å². The summed E-state index contributed by atoms with van der Waals surface area (Å²) in [5.74, 6) is 1.19. The Kier molecular flexibility index (Phi) is 3.22. The molecule has 1 aromatic heterocycles. The molecule has 1 aliphatic heterocycles. The molecule has 2 heterocycles. The fourth-order valence-corrected chi connectivity index (χ4v) is 3.96. The minimum Gasteiger partial charge on any atom is -0.369 e. The lowest BCUT2D eigenvalue weighted by Gasteiger charge is -2.24. The van der Waals surface area contributed by atoms with Crippen molar-refractivity contribution in [3.05, 3.63) is 23.0 Å². The number of halogens is 2. The number of fused-ring (bicyclic) bond motifs is 1. The normalized spacial score (nSPS) is 23.9. The first-order valence-electron chi connectivity index (χ1n) is 6.03. The van der Waals surface area contributed by atoms with E-state index in [9.17, 15) is 8.60 Å². The number of imidazole rings is 1. The fraction of sp³-hybridized carbons (Fsp3) is 0.417. The molecule has 0 radical (unpaired) electrons. The molecule has 1 aliphatic rings. The summed E-state index contributed by atoms with van der Waals surface area (Å²) in [7, 11) is -0.732. The Morgan fingerprint density at radius 2 is 2.11 bits per heavy atom. The summed E-state index contributed by atoms with van der Waals surface area (Å²) in [6.07, 6.45) is 1.58. The zero-order chi connectivity index (χ0) is 13.6. The summed E-state index contributed by atoms with van der Waals surface area (Å²) >= 11 is 5.83. The molecule has 7 heteroatoms. The van der Waals surface area contributed by atoms with Gasteiger partial charge in [0.15, 0.2) is 0 Å². The van der Waals surface area contributed by atoms with Crippen molar-refractivity contribution in [2.24, 2.45) is 0 Å². The molecule has 102 valence electrons. The molecular weight excluding hydrogens is 289 g/mol. The summed E-state index contributed by atoms with van der Waals surface area (Å²) in [5, 5.41) is 0.0630. The van der Waals surface area contributed by atoms with Crippen LogP contribution in [-0.4, -0.2) is 25.3 Å². The van der Waals surface area contributed by atoms with E-state index < -0.39 is 16.6 Å². The average molecular weight is 302 g/mol. The highest BCUT2D eigenvalue weighted by molar-refractivity contribution is 7.85. The number of nitrogens with two attached hydrogens (primary N) is 1. The monoisotopic (exact) mass is 301 g/mol. The van der Waals surface area contributed by atoms with Crippen LogP contribution in [0.4, 0.5) is 10.3 Å². The third-order valence-corrected chi connectivity index (χ3v) is 5.15. The van der Waals surface area contributed by atoms with E-state index in [-0.39, 0.29) is 11.1 Å². The minimum atomic E-state index is -0.732. The van der Waals surface area contributed by atoms with E-state index in [1.54, 1.807) is 6.07 Å². The highest BCUT2D eigenvalue weighted by atomic mass is 35.5. The van der Waals surface area contributed by atoms with E-state index in [0.717, 1.165) is 18.4 Å². The van der Waals surface area contributed by atoms with Crippen LogP contribution in [0.3, 0.4) is 0 Å². The van der Waals surface area contributed by atoms with Gasteiger partial charge in [-0.2, -0.15) is 0 Å². The van der Waals surface area contributed by atoms with Crippen LogP contribution >= 0.6 is 11.6 Å². The van der Waals surface area contributed by atoms with Gasteiger partial charge in [-0.25, -0.2) is 9.37 Å². The molecule has 4 nitrogen and oxygen atoms in total. The molecule has 0 unspecified atom stereocenters. The van der Waals surface area contributed by atoms with Crippen LogP contribution in [0.5, 0.6) is 0 Å². The first kappa shape index (κ1) is 12.9. The van der Waals surface area contributed by atoms with Crippen LogP contribution in [0.25, 0.3) is 11.0 Å². The second-order valence-corrected chi connectivity index (χ2v) is 6.78. The number of anilines is 1. The Bertz CT molecular complexity index is 663. The third-order valence-electron chi connectivity index (χ3n) is 3.48. The Balaban J connectivity index is 2.10. The van der Waals surface area contributed by atoms with Crippen LogP contribution in [0.1, 0.15) is 18.9 Å². The molecule has 0 spiro atoms. The molecule has 2 N–H and O–H groups in total. The van der Waals surface area contributed by atoms with Gasteiger partial charge in [0.1, 0.15) is 5.82 Å². The summed E-state index contributed by atoms with van der Waals surface area (Å²) in [4.78, 5) is 4.18. The quantitative estimate of drug-likeness (QED) is 0.880. The predicted molar refractivity (Wildman–Crippen MR) is 75.3 cm³/mol. The Morgan fingerprint density at radius 3 is 2.79 bits per heavy atom. The van der Waals surface area contributed by atoms with Gasteiger partial charge in [0.05, 0.1) is 16.1 Å². The van der Waals surface area contributed by atoms with E-state index in [4.69, 9.17) is 17.3 Å². The lowest BCUT2D eigenvalue weighted by atomic mass is 10.1. The number of hydrogen-bond acceptors (Lipinski definition) is 3. The average Bonchev–Trinajstić information content (AvgIpc) is 2.67. The molecule has 1 aromatic carbocycles. The topological polar surface area (TPSA) is 60.9 Å². The van der Waals surface area contributed by atoms with Gasteiger partial charge in [0.2, 0.25) is 5.95 Å². The number of benzene rings is 1. The summed E-state index contributed by atoms with van der Waals surface area (Å²) in [6, 6.07) is 3.01. The van der Waals surface area contributed by atoms with Gasteiger partial charge < -0.3 is 10.3 Å². The van der Waals surface area contributed by atoms with Gasteiger partial charge in [0, 0.05) is 34.4 Å². The molecule has 0 aliphatic carbocycles. The number of hydrogen-bond donors (Lipinski definition) is 1. The summed E-state index contributed by atoms with van der Waals surface area (Å²) in [5.41, 5.74) is 7.17. The molecule has 19 heavy (non-hydrogen) atoms. The van der Waals surface area contributed by atoms with E-state index in [2.05, 4.69) is 4.98 Å². The highest BCUT2D eigenvalue weighted by Crippen LogP contribution is 2.32. The lowest BCUT2D eigenvalue weighted by Crippen LogP contribution is -2.22. The number of nitrogen functional groups attached to an aromatic ring is 1. The minimum absolute atomic E-state index is 0.0630. The molecule has 0 atom stereocenters. The van der Waals surface area contributed by atoms with Crippen molar-refractivity contribution in [3.8, 4) is 0 Å². The second-order valence-electron chi connectivity index (χ2n) is 4.67. The van der Waals surface area contributed by atoms with E-state index in [1.165, 1.54) is 6.07 Å². The summed E-state index contributed by atoms with van der Waals surface area (Å²) in [6.45, 7) is 0. The standard InChI is InChI=1S/C12H13ClFN3OS/c13-8-5-11-10(6-9(8)14)16-12(15)17(11)7-1-3-19(18)4-2-7/h5-7H,1-4H2,(H2,15,16). The molecule has 1 fully saturated rings. The molecular formula is C12H13ClFN3OS. The Morgan fingerprint density at radius 1 is 1.42 bits per heavy atom. The van der Waals surface area contributed by atoms with Crippen molar-refractivity contribution in [1.29, 1.82) is 0 Å². The number of rotatable bonds is 1. The zero-order valence-corrected chi connectivity index (χ0v) is 11.7. The van der Waals surface area contributed by atoms with E-state index >= 15 is 0 Å². The number of nitrogens with zero attached hydrogens (tertiary/aromatic N) is 2. The van der Waals surface area contributed by atoms with Crippen molar-refractivity contribution in [1.82, 2.24) is 9.55 Å². The van der Waals surface area contributed by atoms with Crippen LogP contribution in [0, 0.1) is 5.82 Å². The maximum absolute atomic E-state index is 13.4. The highest BCUT2D eigenvalue weighted by Gasteiger charge is 2.23. The maximum Gasteiger partial charge on any atom is 0.201 e. The van der Waals surface area contributed by atoms with Gasteiger partial charge in [-0.15, -0.1) is 0 Å². The van der Waals surface area contributed by atoms with E-state index in [0.29, 0.717) is 23.0 Å². The van der Waals surface area contributed by atoms with Gasteiger partial charge in [-0.3, -0.25) is 4.21 Å². The molecule has 3 rings (SSSR count). The second kappa shape index (κ2) is 4.76. The zero-order valence-electron chi connectivity index (χ0n) is 10.1. The largest absolute Gasteiger partial charge is 0.369 e. The fourth-order valence-electron chi connectivity index (χ4n) is 2.53. The Labute approximate surface area is 117 Å². The van der Waals surface area contributed by atoms with Crippen molar-refractivity contribution in [2.45, 2.75) is 18.9 Å². The van der Waals surface area contributed by atoms with Gasteiger partial charge in [-0.1, -0.05) is 11.6 Å². The smallest absolute Gasteiger partial charge is 0.201 e. The first-order valence-corrected chi connectivity index (χ1v) is 7.90. The molecule has 0 bridgehead atoms. The molecule has 0 amide bonds. The predicted octanol–water partition coefficient (Wildman–Crippen LogP) is 2.49.